The second-order valence-electron chi connectivity index (χ2n) is 8.22. The highest BCUT2D eigenvalue weighted by Crippen LogP contribution is 2.31. The summed E-state index contributed by atoms with van der Waals surface area (Å²) in [5.41, 5.74) is 4.23. The van der Waals surface area contributed by atoms with Crippen LogP contribution < -0.4 is 10.5 Å². The third-order valence-corrected chi connectivity index (χ3v) is 6.08. The summed E-state index contributed by atoms with van der Waals surface area (Å²) in [6.07, 6.45) is 4.79. The molecule has 0 saturated carbocycles. The molecule has 1 aromatic carbocycles. The number of anilines is 1. The molecule has 4 rings (SSSR count). The van der Waals surface area contributed by atoms with Gasteiger partial charge in [0.15, 0.2) is 5.69 Å². The highest BCUT2D eigenvalue weighted by molar-refractivity contribution is 5.81. The lowest BCUT2D eigenvalue weighted by atomic mass is 9.99. The van der Waals surface area contributed by atoms with Gasteiger partial charge >= 0.3 is 0 Å². The van der Waals surface area contributed by atoms with E-state index in [1.54, 1.807) is 29.9 Å². The van der Waals surface area contributed by atoms with E-state index in [4.69, 9.17) is 11.6 Å². The molecule has 1 fully saturated rings. The molecule has 0 spiro atoms. The number of benzene rings is 1. The minimum absolute atomic E-state index is 0.0843. The molecule has 1 aliphatic heterocycles. The lowest BCUT2D eigenvalue weighted by molar-refractivity contribution is 0.431. The Morgan fingerprint density at radius 1 is 1.10 bits per heavy atom. The first-order valence-corrected chi connectivity index (χ1v) is 10.8. The fourth-order valence-electron chi connectivity index (χ4n) is 4.03. The van der Waals surface area contributed by atoms with Crippen LogP contribution in [0.15, 0.2) is 47.4 Å². The monoisotopic (exact) mass is 413 g/mol. The van der Waals surface area contributed by atoms with Crippen molar-refractivity contribution in [3.63, 3.8) is 0 Å². The first-order valence-electron chi connectivity index (χ1n) is 10.8. The maximum atomic E-state index is 13.6. The van der Waals surface area contributed by atoms with Crippen LogP contribution in [-0.4, -0.2) is 27.6 Å². The van der Waals surface area contributed by atoms with Crippen LogP contribution in [0.3, 0.4) is 0 Å². The van der Waals surface area contributed by atoms with Crippen molar-refractivity contribution in [3.05, 3.63) is 70.1 Å². The highest BCUT2D eigenvalue weighted by atomic mass is 16.1. The average Bonchev–Trinajstić information content (AvgIpc) is 2.81. The number of piperidine rings is 1. The molecule has 1 aliphatic rings. The van der Waals surface area contributed by atoms with E-state index in [2.05, 4.69) is 28.6 Å². The van der Waals surface area contributed by atoms with Gasteiger partial charge in [-0.3, -0.25) is 14.3 Å². The Bertz CT molecular complexity index is 1160. The summed E-state index contributed by atoms with van der Waals surface area (Å²) in [5, 5.41) is 0. The van der Waals surface area contributed by atoms with E-state index in [1.807, 2.05) is 24.3 Å². The van der Waals surface area contributed by atoms with Crippen molar-refractivity contribution in [3.8, 4) is 22.4 Å². The third-order valence-electron chi connectivity index (χ3n) is 6.08. The van der Waals surface area contributed by atoms with E-state index in [0.717, 1.165) is 49.2 Å². The maximum Gasteiger partial charge on any atom is 0.263 e. The summed E-state index contributed by atoms with van der Waals surface area (Å²) in [4.78, 5) is 28.8. The summed E-state index contributed by atoms with van der Waals surface area (Å²) in [6.45, 7) is 13.3. The topological polar surface area (TPSA) is 55.4 Å². The Morgan fingerprint density at radius 2 is 1.77 bits per heavy atom. The zero-order valence-electron chi connectivity index (χ0n) is 18.3. The predicted molar refractivity (Wildman–Crippen MR) is 124 cm³/mol. The van der Waals surface area contributed by atoms with Crippen LogP contribution in [0.2, 0.25) is 0 Å². The van der Waals surface area contributed by atoms with Crippen molar-refractivity contribution >= 4 is 11.6 Å². The maximum absolute atomic E-state index is 13.6. The Balaban J connectivity index is 1.91. The first-order chi connectivity index (χ1) is 15.0. The van der Waals surface area contributed by atoms with Gasteiger partial charge in [0.2, 0.25) is 5.95 Å². The normalized spacial score (nSPS) is 14.5. The summed E-state index contributed by atoms with van der Waals surface area (Å²) in [7, 11) is 1.80. The molecule has 3 heterocycles. The number of pyridine rings is 1. The molecule has 1 saturated heterocycles. The van der Waals surface area contributed by atoms with Crippen LogP contribution in [0.5, 0.6) is 0 Å². The first kappa shape index (κ1) is 20.8. The van der Waals surface area contributed by atoms with E-state index < -0.39 is 0 Å². The van der Waals surface area contributed by atoms with E-state index >= 15 is 0 Å². The summed E-state index contributed by atoms with van der Waals surface area (Å²) in [5.74, 6) is 1.39. The number of aromatic nitrogens is 3. The van der Waals surface area contributed by atoms with E-state index in [1.165, 1.54) is 0 Å². The summed E-state index contributed by atoms with van der Waals surface area (Å²) in [6, 6.07) is 11.2. The standard InChI is InChI=1S/C25H27N5O/c1-5-20-9-8-19(16-27-20)22-23(18-6-10-21(26-3)11-7-18)28-25(29(4)24(22)31)30-14-12-17(2)13-15-30/h6-11,16-17H,5,12-15H2,1-2,4H3. The molecule has 0 atom stereocenters. The minimum Gasteiger partial charge on any atom is -0.342 e. The third kappa shape index (κ3) is 4.09. The lowest BCUT2D eigenvalue weighted by Gasteiger charge is -2.32. The minimum atomic E-state index is -0.0843. The molecule has 6 heteroatoms. The molecule has 2 aromatic heterocycles. The molecule has 0 amide bonds. The van der Waals surface area contributed by atoms with Gasteiger partial charge in [-0.15, -0.1) is 0 Å². The molecular formula is C25H27N5O. The number of rotatable bonds is 4. The van der Waals surface area contributed by atoms with Gasteiger partial charge in [0, 0.05) is 37.6 Å². The van der Waals surface area contributed by atoms with Crippen LogP contribution in [0.4, 0.5) is 11.6 Å². The van der Waals surface area contributed by atoms with Crippen molar-refractivity contribution < 1.29 is 0 Å². The molecule has 3 aromatic rings. The molecular weight excluding hydrogens is 386 g/mol. The molecule has 0 radical (unpaired) electrons. The molecule has 6 nitrogen and oxygen atoms in total. The zero-order chi connectivity index (χ0) is 22.0. The Kier molecular flexibility index (Phi) is 5.85. The summed E-state index contributed by atoms with van der Waals surface area (Å²) >= 11 is 0. The number of hydrogen-bond acceptors (Lipinski definition) is 4. The molecule has 0 N–H and O–H groups in total. The molecule has 31 heavy (non-hydrogen) atoms. The van der Waals surface area contributed by atoms with Crippen molar-refractivity contribution in [2.24, 2.45) is 13.0 Å². The fraction of sp³-hybridized carbons (Fsp3) is 0.360. The smallest absolute Gasteiger partial charge is 0.263 e. The Morgan fingerprint density at radius 3 is 2.35 bits per heavy atom. The average molecular weight is 414 g/mol. The number of hydrogen-bond donors (Lipinski definition) is 0. The van der Waals surface area contributed by atoms with Gasteiger partial charge in [-0.1, -0.05) is 44.2 Å². The quantitative estimate of drug-likeness (QED) is 0.573. The van der Waals surface area contributed by atoms with Crippen LogP contribution in [0, 0.1) is 12.5 Å². The predicted octanol–water partition coefficient (Wildman–Crippen LogP) is 4.86. The molecule has 0 bridgehead atoms. The van der Waals surface area contributed by atoms with E-state index in [0.29, 0.717) is 28.8 Å². The van der Waals surface area contributed by atoms with Gasteiger partial charge in [0.1, 0.15) is 0 Å². The Hall–Kier alpha value is -3.46. The molecule has 0 aliphatic carbocycles. The van der Waals surface area contributed by atoms with Crippen molar-refractivity contribution in [1.82, 2.24) is 14.5 Å². The highest BCUT2D eigenvalue weighted by Gasteiger charge is 2.24. The van der Waals surface area contributed by atoms with Crippen LogP contribution >= 0.6 is 0 Å². The van der Waals surface area contributed by atoms with Crippen molar-refractivity contribution in [2.45, 2.75) is 33.1 Å². The molecule has 158 valence electrons. The van der Waals surface area contributed by atoms with E-state index in [-0.39, 0.29) is 5.56 Å². The largest absolute Gasteiger partial charge is 0.342 e. The van der Waals surface area contributed by atoms with Gasteiger partial charge in [-0.25, -0.2) is 9.83 Å². The second kappa shape index (κ2) is 8.73. The fourth-order valence-corrected chi connectivity index (χ4v) is 4.03. The van der Waals surface area contributed by atoms with Gasteiger partial charge in [0.05, 0.1) is 17.8 Å². The van der Waals surface area contributed by atoms with Gasteiger partial charge in [-0.2, -0.15) is 0 Å². The summed E-state index contributed by atoms with van der Waals surface area (Å²) < 4.78 is 1.66. The lowest BCUT2D eigenvalue weighted by Crippen LogP contribution is -2.38. The van der Waals surface area contributed by atoms with Gasteiger partial charge in [-0.05, 0) is 36.8 Å². The van der Waals surface area contributed by atoms with Gasteiger partial charge in [0.25, 0.3) is 5.56 Å². The number of aryl methyl sites for hydroxylation is 1. The van der Waals surface area contributed by atoms with Crippen LogP contribution in [0.1, 0.15) is 32.4 Å². The SMILES string of the molecule is [C-]#[N+]c1ccc(-c2nc(N3CCC(C)CC3)n(C)c(=O)c2-c2ccc(CC)nc2)cc1. The zero-order valence-corrected chi connectivity index (χ0v) is 18.3. The number of nitrogens with zero attached hydrogens (tertiary/aromatic N) is 5. The van der Waals surface area contributed by atoms with Crippen LogP contribution in [-0.2, 0) is 13.5 Å². The van der Waals surface area contributed by atoms with Crippen molar-refractivity contribution in [1.29, 1.82) is 0 Å². The van der Waals surface area contributed by atoms with Gasteiger partial charge < -0.3 is 4.90 Å². The van der Waals surface area contributed by atoms with Crippen LogP contribution in [0.25, 0.3) is 27.2 Å². The second-order valence-corrected chi connectivity index (χ2v) is 8.22. The van der Waals surface area contributed by atoms with E-state index in [9.17, 15) is 4.79 Å². The Labute approximate surface area is 183 Å². The van der Waals surface area contributed by atoms with Crippen molar-refractivity contribution in [2.75, 3.05) is 18.0 Å². The molecule has 0 unspecified atom stereocenters.